The van der Waals surface area contributed by atoms with E-state index in [1.807, 2.05) is 0 Å². The molecule has 0 N–H and O–H groups in total. The fraction of sp³-hybridized carbons (Fsp3) is 0.750. The van der Waals surface area contributed by atoms with Crippen LogP contribution in [0.1, 0.15) is 26.7 Å². The summed E-state index contributed by atoms with van der Waals surface area (Å²) in [5.74, 6) is 6.49. The topological polar surface area (TPSA) is 6.48 Å². The van der Waals surface area contributed by atoms with Gasteiger partial charge >= 0.3 is 0 Å². The molecule has 18 heavy (non-hydrogen) atoms. The Morgan fingerprint density at radius 1 is 1.06 bits per heavy atom. The van der Waals surface area contributed by atoms with Gasteiger partial charge in [-0.1, -0.05) is 0 Å². The summed E-state index contributed by atoms with van der Waals surface area (Å²) in [6, 6.07) is 1.30. The number of likely N-dealkylation sites (tertiary alicyclic amines) is 2. The lowest BCUT2D eigenvalue weighted by atomic mass is 9.89. The molecule has 0 saturated carbocycles. The zero-order chi connectivity index (χ0) is 13.1. The monoisotopic (exact) mass is 244 g/mol. The molecule has 0 spiro atoms. The Labute approximate surface area is 112 Å². The van der Waals surface area contributed by atoms with E-state index >= 15 is 0 Å². The zero-order valence-electron chi connectivity index (χ0n) is 11.6. The summed E-state index contributed by atoms with van der Waals surface area (Å²) in [5.41, 5.74) is 0. The molecule has 0 aliphatic carbocycles. The largest absolute Gasteiger partial charge is 0.299 e. The van der Waals surface area contributed by atoms with E-state index in [2.05, 4.69) is 35.5 Å². The first-order valence-electron chi connectivity index (χ1n) is 7.04. The fourth-order valence-corrected chi connectivity index (χ4v) is 3.21. The summed E-state index contributed by atoms with van der Waals surface area (Å²) in [5, 5.41) is 0. The van der Waals surface area contributed by atoms with Gasteiger partial charge < -0.3 is 0 Å². The number of terminal acetylenes is 2. The highest BCUT2D eigenvalue weighted by atomic mass is 15.3. The van der Waals surface area contributed by atoms with Crippen LogP contribution in [0.15, 0.2) is 0 Å². The van der Waals surface area contributed by atoms with Gasteiger partial charge in [-0.2, -0.15) is 0 Å². The van der Waals surface area contributed by atoms with Crippen molar-refractivity contribution in [1.29, 1.82) is 0 Å². The van der Waals surface area contributed by atoms with Crippen LogP contribution in [0.2, 0.25) is 0 Å². The molecule has 2 aliphatic rings. The first-order chi connectivity index (χ1) is 8.63. The third-order valence-electron chi connectivity index (χ3n) is 4.39. The van der Waals surface area contributed by atoms with E-state index in [-0.39, 0.29) is 0 Å². The average Bonchev–Trinajstić information content (AvgIpc) is 2.87. The highest BCUT2D eigenvalue weighted by molar-refractivity contribution is 5.06. The second-order valence-corrected chi connectivity index (χ2v) is 5.95. The van der Waals surface area contributed by atoms with E-state index in [1.54, 1.807) is 0 Å². The highest BCUT2D eigenvalue weighted by Crippen LogP contribution is 2.26. The van der Waals surface area contributed by atoms with E-state index in [4.69, 9.17) is 12.8 Å². The molecule has 2 rings (SSSR count). The van der Waals surface area contributed by atoms with Crippen molar-refractivity contribution in [3.63, 3.8) is 0 Å². The Bertz CT molecular complexity index is 338. The Balaban J connectivity index is 1.97. The van der Waals surface area contributed by atoms with Crippen LogP contribution in [-0.4, -0.2) is 48.1 Å². The van der Waals surface area contributed by atoms with E-state index in [9.17, 15) is 0 Å². The summed E-state index contributed by atoms with van der Waals surface area (Å²) in [6.07, 6.45) is 13.5. The maximum Gasteiger partial charge on any atom is 0.0339 e. The first kappa shape index (κ1) is 13.5. The average molecular weight is 244 g/mol. The third kappa shape index (κ3) is 2.89. The van der Waals surface area contributed by atoms with Gasteiger partial charge in [0, 0.05) is 50.1 Å². The summed E-state index contributed by atoms with van der Waals surface area (Å²) < 4.78 is 0. The third-order valence-corrected chi connectivity index (χ3v) is 4.39. The van der Waals surface area contributed by atoms with Gasteiger partial charge in [-0.3, -0.25) is 9.80 Å². The molecule has 0 bridgehead atoms. The Kier molecular flexibility index (Phi) is 4.33. The van der Waals surface area contributed by atoms with Gasteiger partial charge in [-0.15, -0.1) is 24.7 Å². The normalized spacial score (nSPS) is 34.4. The van der Waals surface area contributed by atoms with Gasteiger partial charge in [0.15, 0.2) is 0 Å². The van der Waals surface area contributed by atoms with Crippen molar-refractivity contribution in [1.82, 2.24) is 9.80 Å². The summed E-state index contributed by atoms with van der Waals surface area (Å²) in [7, 11) is 0. The molecule has 3 unspecified atom stereocenters. The minimum Gasteiger partial charge on any atom is -0.299 e. The van der Waals surface area contributed by atoms with Crippen molar-refractivity contribution in [3.8, 4) is 24.7 Å². The highest BCUT2D eigenvalue weighted by Gasteiger charge is 2.34. The number of hydrogen-bond acceptors (Lipinski definition) is 2. The van der Waals surface area contributed by atoms with E-state index in [1.165, 1.54) is 19.5 Å². The van der Waals surface area contributed by atoms with Crippen molar-refractivity contribution in [2.75, 3.05) is 26.2 Å². The Hall–Kier alpha value is -0.960. The van der Waals surface area contributed by atoms with Crippen molar-refractivity contribution in [3.05, 3.63) is 0 Å². The molecule has 0 aromatic rings. The number of hydrogen-bond donors (Lipinski definition) is 0. The molecule has 2 aliphatic heterocycles. The van der Waals surface area contributed by atoms with Gasteiger partial charge in [0.05, 0.1) is 0 Å². The van der Waals surface area contributed by atoms with Crippen molar-refractivity contribution in [2.24, 2.45) is 11.8 Å². The standard InChI is InChI=1S/C16H24N2/c1-5-14-9-15(6-2)11-18(10-14)16-7-8-17(12-16)13(3)4/h1-2,13-16H,7-12H2,3-4H3. The molecule has 0 radical (unpaired) electrons. The predicted molar refractivity (Wildman–Crippen MR) is 76.0 cm³/mol. The van der Waals surface area contributed by atoms with Gasteiger partial charge in [-0.25, -0.2) is 0 Å². The molecule has 0 amide bonds. The number of piperidine rings is 1. The second-order valence-electron chi connectivity index (χ2n) is 5.95. The summed E-state index contributed by atoms with van der Waals surface area (Å²) in [4.78, 5) is 5.09. The van der Waals surface area contributed by atoms with Gasteiger partial charge in [0.1, 0.15) is 0 Å². The van der Waals surface area contributed by atoms with Crippen LogP contribution in [0, 0.1) is 36.5 Å². The fourth-order valence-electron chi connectivity index (χ4n) is 3.21. The molecule has 2 saturated heterocycles. The van der Waals surface area contributed by atoms with Crippen molar-refractivity contribution in [2.45, 2.75) is 38.8 Å². The second kappa shape index (κ2) is 5.79. The molecular formula is C16H24N2. The Morgan fingerprint density at radius 2 is 1.67 bits per heavy atom. The van der Waals surface area contributed by atoms with Crippen LogP contribution < -0.4 is 0 Å². The quantitative estimate of drug-likeness (QED) is 0.682. The molecule has 2 nitrogen and oxygen atoms in total. The first-order valence-corrected chi connectivity index (χ1v) is 7.04. The molecule has 0 aromatic heterocycles. The van der Waals surface area contributed by atoms with Crippen molar-refractivity contribution >= 4 is 0 Å². The number of rotatable bonds is 2. The van der Waals surface area contributed by atoms with Crippen LogP contribution in [0.5, 0.6) is 0 Å². The van der Waals surface area contributed by atoms with Gasteiger partial charge in [0.25, 0.3) is 0 Å². The summed E-state index contributed by atoms with van der Waals surface area (Å²) in [6.45, 7) is 8.99. The van der Waals surface area contributed by atoms with E-state index in [0.717, 1.165) is 19.5 Å². The molecular weight excluding hydrogens is 220 g/mol. The number of nitrogens with zero attached hydrogens (tertiary/aromatic N) is 2. The lowest BCUT2D eigenvalue weighted by Gasteiger charge is -2.38. The van der Waals surface area contributed by atoms with Crippen LogP contribution in [0.4, 0.5) is 0 Å². The molecule has 3 atom stereocenters. The predicted octanol–water partition coefficient (Wildman–Crippen LogP) is 1.67. The van der Waals surface area contributed by atoms with E-state index < -0.39 is 0 Å². The smallest absolute Gasteiger partial charge is 0.0339 e. The zero-order valence-corrected chi connectivity index (χ0v) is 11.6. The van der Waals surface area contributed by atoms with Crippen LogP contribution >= 0.6 is 0 Å². The molecule has 2 fully saturated rings. The molecule has 2 heterocycles. The summed E-state index contributed by atoms with van der Waals surface area (Å²) >= 11 is 0. The maximum atomic E-state index is 5.60. The van der Waals surface area contributed by atoms with Gasteiger partial charge in [0.2, 0.25) is 0 Å². The van der Waals surface area contributed by atoms with Gasteiger partial charge in [-0.05, 0) is 26.7 Å². The minimum absolute atomic E-state index is 0.341. The lowest BCUT2D eigenvalue weighted by molar-refractivity contribution is 0.118. The molecule has 2 heteroatoms. The maximum absolute atomic E-state index is 5.60. The minimum atomic E-state index is 0.341. The van der Waals surface area contributed by atoms with Crippen LogP contribution in [0.25, 0.3) is 0 Å². The lowest BCUT2D eigenvalue weighted by Crippen LogP contribution is -2.47. The van der Waals surface area contributed by atoms with Crippen molar-refractivity contribution < 1.29 is 0 Å². The van der Waals surface area contributed by atoms with E-state index in [0.29, 0.717) is 23.9 Å². The SMILES string of the molecule is C#CC1CC(C#C)CN(C2CCN(C(C)C)C2)C1. The molecule has 0 aromatic carbocycles. The van der Waals surface area contributed by atoms with Crippen LogP contribution in [0.3, 0.4) is 0 Å². The van der Waals surface area contributed by atoms with Crippen LogP contribution in [-0.2, 0) is 0 Å². The molecule has 98 valence electrons. The Morgan fingerprint density at radius 3 is 2.11 bits per heavy atom.